The molecule has 0 saturated heterocycles. The maximum absolute atomic E-state index is 9.32. The lowest BCUT2D eigenvalue weighted by molar-refractivity contribution is -0.0883. The van der Waals surface area contributed by atoms with Gasteiger partial charge in [-0.2, -0.15) is 0 Å². The summed E-state index contributed by atoms with van der Waals surface area (Å²) < 4.78 is 0. The zero-order valence-electron chi connectivity index (χ0n) is 5.44. The maximum atomic E-state index is 9.32. The Hall–Kier alpha value is -0.0800. The molecule has 8 heavy (non-hydrogen) atoms. The molecule has 1 aliphatic rings. The van der Waals surface area contributed by atoms with Crippen LogP contribution in [-0.2, 0) is 0 Å². The molecule has 3 N–H and O–H groups in total. The quantitative estimate of drug-likeness (QED) is 0.475. The fourth-order valence-electron chi connectivity index (χ4n) is 0.881. The normalized spacial score (nSPS) is 55.5. The predicted molar refractivity (Wildman–Crippen MR) is 32.5 cm³/mol. The van der Waals surface area contributed by atoms with Gasteiger partial charge in [0.25, 0.3) is 0 Å². The summed E-state index contributed by atoms with van der Waals surface area (Å²) >= 11 is 0. The topological polar surface area (TPSA) is 46.2 Å². The number of hydrogen-bond donors (Lipinski definition) is 2. The molecule has 0 bridgehead atoms. The second-order valence-electron chi connectivity index (χ2n) is 3.19. The second-order valence-corrected chi connectivity index (χ2v) is 3.19. The van der Waals surface area contributed by atoms with Gasteiger partial charge in [0, 0.05) is 5.54 Å². The Bertz CT molecular complexity index is 93.1. The molecular weight excluding hydrogens is 102 g/mol. The van der Waals surface area contributed by atoms with Gasteiger partial charge in [-0.1, -0.05) is 0 Å². The van der Waals surface area contributed by atoms with Gasteiger partial charge < -0.3 is 10.8 Å². The van der Waals surface area contributed by atoms with Crippen molar-refractivity contribution in [3.8, 4) is 0 Å². The van der Waals surface area contributed by atoms with Crippen LogP contribution in [0.2, 0.25) is 0 Å². The van der Waals surface area contributed by atoms with Gasteiger partial charge in [-0.3, -0.25) is 0 Å². The molecular formula is C6H13NO. The molecule has 1 fully saturated rings. The average Bonchev–Trinajstić information content (AvgIpc) is 1.64. The molecule has 2 atom stereocenters. The van der Waals surface area contributed by atoms with Crippen molar-refractivity contribution < 1.29 is 5.11 Å². The molecule has 0 heterocycles. The van der Waals surface area contributed by atoms with Crippen molar-refractivity contribution in [1.29, 1.82) is 0 Å². The third-order valence-electron chi connectivity index (χ3n) is 2.36. The predicted octanol–water partition coefficient (Wildman–Crippen LogP) is 0.249. The smallest absolute Gasteiger partial charge is 0.0796 e. The minimum absolute atomic E-state index is 0.326. The summed E-state index contributed by atoms with van der Waals surface area (Å²) in [6.07, 6.45) is 1.79. The van der Waals surface area contributed by atoms with Gasteiger partial charge in [0.2, 0.25) is 0 Å². The zero-order chi connectivity index (χ0) is 6.41. The van der Waals surface area contributed by atoms with Crippen molar-refractivity contribution in [3.63, 3.8) is 0 Å². The SMILES string of the molecule is CC1(N)CCC1(C)O. The Morgan fingerprint density at radius 1 is 1.38 bits per heavy atom. The van der Waals surface area contributed by atoms with Crippen molar-refractivity contribution >= 4 is 0 Å². The van der Waals surface area contributed by atoms with E-state index in [0.717, 1.165) is 12.8 Å². The van der Waals surface area contributed by atoms with Crippen LogP contribution in [-0.4, -0.2) is 16.2 Å². The van der Waals surface area contributed by atoms with E-state index in [-0.39, 0.29) is 5.54 Å². The molecule has 0 aliphatic heterocycles. The van der Waals surface area contributed by atoms with E-state index in [2.05, 4.69) is 0 Å². The third-order valence-corrected chi connectivity index (χ3v) is 2.36. The summed E-state index contributed by atoms with van der Waals surface area (Å²) in [5.41, 5.74) is 4.72. The molecule has 0 spiro atoms. The highest BCUT2D eigenvalue weighted by Gasteiger charge is 2.48. The molecule has 0 amide bonds. The van der Waals surface area contributed by atoms with E-state index in [1.54, 1.807) is 6.92 Å². The molecule has 1 saturated carbocycles. The van der Waals surface area contributed by atoms with E-state index in [9.17, 15) is 5.11 Å². The van der Waals surface area contributed by atoms with Crippen LogP contribution in [0.5, 0.6) is 0 Å². The van der Waals surface area contributed by atoms with Gasteiger partial charge in [0.1, 0.15) is 0 Å². The van der Waals surface area contributed by atoms with Crippen LogP contribution in [0.15, 0.2) is 0 Å². The van der Waals surface area contributed by atoms with E-state index in [1.807, 2.05) is 6.92 Å². The van der Waals surface area contributed by atoms with Crippen LogP contribution >= 0.6 is 0 Å². The highest BCUT2D eigenvalue weighted by atomic mass is 16.3. The first-order chi connectivity index (χ1) is 3.46. The van der Waals surface area contributed by atoms with Crippen LogP contribution in [0.4, 0.5) is 0 Å². The lowest BCUT2D eigenvalue weighted by Gasteiger charge is -2.49. The summed E-state index contributed by atoms with van der Waals surface area (Å²) in [6.45, 7) is 3.67. The molecule has 1 rings (SSSR count). The summed E-state index contributed by atoms with van der Waals surface area (Å²) in [4.78, 5) is 0. The summed E-state index contributed by atoms with van der Waals surface area (Å²) in [6, 6.07) is 0. The average molecular weight is 115 g/mol. The van der Waals surface area contributed by atoms with Crippen molar-refractivity contribution in [2.45, 2.75) is 37.8 Å². The molecule has 2 nitrogen and oxygen atoms in total. The Morgan fingerprint density at radius 2 is 1.75 bits per heavy atom. The van der Waals surface area contributed by atoms with Gasteiger partial charge in [0.15, 0.2) is 0 Å². The Kier molecular flexibility index (Phi) is 0.946. The van der Waals surface area contributed by atoms with E-state index >= 15 is 0 Å². The molecule has 2 unspecified atom stereocenters. The van der Waals surface area contributed by atoms with Crippen LogP contribution in [0, 0.1) is 0 Å². The maximum Gasteiger partial charge on any atom is 0.0796 e. The van der Waals surface area contributed by atoms with Crippen LogP contribution in [0.3, 0.4) is 0 Å². The van der Waals surface area contributed by atoms with Crippen LogP contribution in [0.1, 0.15) is 26.7 Å². The third kappa shape index (κ3) is 0.565. The molecule has 0 aromatic heterocycles. The Labute approximate surface area is 49.7 Å². The highest BCUT2D eigenvalue weighted by molar-refractivity contribution is 5.06. The first-order valence-electron chi connectivity index (χ1n) is 2.97. The first-order valence-corrected chi connectivity index (χ1v) is 2.97. The Morgan fingerprint density at radius 3 is 1.75 bits per heavy atom. The summed E-state index contributed by atoms with van der Waals surface area (Å²) in [5.74, 6) is 0. The minimum atomic E-state index is -0.604. The van der Waals surface area contributed by atoms with Crippen molar-refractivity contribution in [1.82, 2.24) is 0 Å². The standard InChI is InChI=1S/C6H13NO/c1-5(7)3-4-6(5,2)8/h8H,3-4,7H2,1-2H3. The Balaban J connectivity index is 2.63. The van der Waals surface area contributed by atoms with E-state index in [0.29, 0.717) is 0 Å². The van der Waals surface area contributed by atoms with Gasteiger partial charge in [0.05, 0.1) is 5.60 Å². The number of hydrogen-bond acceptors (Lipinski definition) is 2. The molecule has 0 radical (unpaired) electrons. The fraction of sp³-hybridized carbons (Fsp3) is 1.00. The lowest BCUT2D eigenvalue weighted by atomic mass is 9.66. The summed E-state index contributed by atoms with van der Waals surface area (Å²) in [5, 5.41) is 9.32. The van der Waals surface area contributed by atoms with Crippen molar-refractivity contribution in [2.75, 3.05) is 0 Å². The van der Waals surface area contributed by atoms with E-state index in [1.165, 1.54) is 0 Å². The number of aliphatic hydroxyl groups is 1. The monoisotopic (exact) mass is 115 g/mol. The van der Waals surface area contributed by atoms with Gasteiger partial charge in [-0.15, -0.1) is 0 Å². The minimum Gasteiger partial charge on any atom is -0.388 e. The zero-order valence-corrected chi connectivity index (χ0v) is 5.44. The second kappa shape index (κ2) is 1.25. The lowest BCUT2D eigenvalue weighted by Crippen LogP contribution is -2.64. The number of rotatable bonds is 0. The first kappa shape index (κ1) is 6.05. The van der Waals surface area contributed by atoms with Crippen LogP contribution in [0.25, 0.3) is 0 Å². The highest BCUT2D eigenvalue weighted by Crippen LogP contribution is 2.39. The number of nitrogens with two attached hydrogens (primary N) is 1. The van der Waals surface area contributed by atoms with Crippen molar-refractivity contribution in [2.24, 2.45) is 5.73 Å². The van der Waals surface area contributed by atoms with E-state index < -0.39 is 5.60 Å². The molecule has 0 aromatic carbocycles. The van der Waals surface area contributed by atoms with Gasteiger partial charge >= 0.3 is 0 Å². The molecule has 48 valence electrons. The molecule has 2 heteroatoms. The van der Waals surface area contributed by atoms with E-state index in [4.69, 9.17) is 5.73 Å². The fourth-order valence-corrected chi connectivity index (χ4v) is 0.881. The van der Waals surface area contributed by atoms with Gasteiger partial charge in [-0.05, 0) is 26.7 Å². The van der Waals surface area contributed by atoms with Crippen molar-refractivity contribution in [3.05, 3.63) is 0 Å². The summed E-state index contributed by atoms with van der Waals surface area (Å²) in [7, 11) is 0. The molecule has 0 aromatic rings. The van der Waals surface area contributed by atoms with Gasteiger partial charge in [-0.25, -0.2) is 0 Å². The largest absolute Gasteiger partial charge is 0.388 e. The molecule has 1 aliphatic carbocycles. The van der Waals surface area contributed by atoms with Crippen LogP contribution < -0.4 is 5.73 Å².